The Hall–Kier alpha value is -1.58. The summed E-state index contributed by atoms with van der Waals surface area (Å²) in [6, 6.07) is 6.41. The molecule has 0 bridgehead atoms. The van der Waals surface area contributed by atoms with Crippen LogP contribution < -0.4 is 5.32 Å². The number of halogens is 1. The van der Waals surface area contributed by atoms with Crippen LogP contribution in [0.15, 0.2) is 24.3 Å². The largest absolute Gasteiger partial charge is 0.338 e. The molecule has 1 aromatic carbocycles. The number of hydrogen-bond acceptors (Lipinski definition) is 1. The van der Waals surface area contributed by atoms with Gasteiger partial charge in [0.1, 0.15) is 5.82 Å². The zero-order chi connectivity index (χ0) is 11.3. The van der Waals surface area contributed by atoms with E-state index in [0.717, 1.165) is 0 Å². The molecule has 0 aromatic heterocycles. The molecule has 0 aliphatic heterocycles. The van der Waals surface area contributed by atoms with Crippen molar-refractivity contribution < 1.29 is 9.18 Å². The summed E-state index contributed by atoms with van der Waals surface area (Å²) in [7, 11) is 3.33. The van der Waals surface area contributed by atoms with Gasteiger partial charge in [-0.1, -0.05) is 18.2 Å². The molecule has 82 valence electrons. The predicted octanol–water partition coefficient (Wildman–Crippen LogP) is 1.64. The lowest BCUT2D eigenvalue weighted by atomic mass is 10.1. The van der Waals surface area contributed by atoms with Crippen LogP contribution in [0.3, 0.4) is 0 Å². The topological polar surface area (TPSA) is 32.3 Å². The molecule has 0 saturated carbocycles. The van der Waals surface area contributed by atoms with Gasteiger partial charge in [-0.15, -0.1) is 0 Å². The molecule has 0 saturated heterocycles. The van der Waals surface area contributed by atoms with E-state index in [1.54, 1.807) is 32.3 Å². The fourth-order valence-corrected chi connectivity index (χ4v) is 1.16. The van der Waals surface area contributed by atoms with E-state index in [-0.39, 0.29) is 11.8 Å². The van der Waals surface area contributed by atoms with Gasteiger partial charge < -0.3 is 10.2 Å². The highest BCUT2D eigenvalue weighted by Gasteiger charge is 2.03. The van der Waals surface area contributed by atoms with Crippen LogP contribution in [0.5, 0.6) is 0 Å². The third-order valence-corrected chi connectivity index (χ3v) is 2.03. The Balaban J connectivity index is 2.38. The average molecular weight is 210 g/mol. The lowest BCUT2D eigenvalue weighted by molar-refractivity contribution is 0.217. The summed E-state index contributed by atoms with van der Waals surface area (Å²) in [6.45, 7) is 0.442. The zero-order valence-electron chi connectivity index (χ0n) is 8.96. The molecule has 0 fully saturated rings. The SMILES string of the molecule is CN(C)C(=O)NCCc1ccccc1F. The summed E-state index contributed by atoms with van der Waals surface area (Å²) in [5.41, 5.74) is 0.622. The van der Waals surface area contributed by atoms with Crippen molar-refractivity contribution >= 4 is 6.03 Å². The standard InChI is InChI=1S/C11H15FN2O/c1-14(2)11(15)13-8-7-9-5-3-4-6-10(9)12/h3-6H,7-8H2,1-2H3,(H,13,15). The van der Waals surface area contributed by atoms with Gasteiger partial charge in [0.15, 0.2) is 0 Å². The van der Waals surface area contributed by atoms with E-state index in [4.69, 9.17) is 0 Å². The first-order valence-electron chi connectivity index (χ1n) is 4.80. The molecule has 1 aromatic rings. The Morgan fingerprint density at radius 2 is 2.07 bits per heavy atom. The van der Waals surface area contributed by atoms with E-state index in [1.165, 1.54) is 11.0 Å². The van der Waals surface area contributed by atoms with Gasteiger partial charge in [-0.2, -0.15) is 0 Å². The second-order valence-corrected chi connectivity index (χ2v) is 3.47. The number of carbonyl (C=O) groups excluding carboxylic acids is 1. The van der Waals surface area contributed by atoms with E-state index in [9.17, 15) is 9.18 Å². The summed E-state index contributed by atoms with van der Waals surface area (Å²) in [5, 5.41) is 2.68. The Kier molecular flexibility index (Phi) is 4.09. The molecule has 0 radical (unpaired) electrons. The average Bonchev–Trinajstić information content (AvgIpc) is 2.20. The Morgan fingerprint density at radius 1 is 1.40 bits per heavy atom. The number of rotatable bonds is 3. The summed E-state index contributed by atoms with van der Waals surface area (Å²) in [6.07, 6.45) is 0.506. The number of benzene rings is 1. The quantitative estimate of drug-likeness (QED) is 0.808. The number of carbonyl (C=O) groups is 1. The van der Waals surface area contributed by atoms with Crippen LogP contribution in [0, 0.1) is 5.82 Å². The fourth-order valence-electron chi connectivity index (χ4n) is 1.16. The van der Waals surface area contributed by atoms with Gasteiger partial charge in [0, 0.05) is 20.6 Å². The van der Waals surface area contributed by atoms with Crippen molar-refractivity contribution in [1.29, 1.82) is 0 Å². The van der Waals surface area contributed by atoms with Gasteiger partial charge in [-0.25, -0.2) is 9.18 Å². The molecular weight excluding hydrogens is 195 g/mol. The molecule has 4 heteroatoms. The second kappa shape index (κ2) is 5.34. The normalized spacial score (nSPS) is 9.80. The van der Waals surface area contributed by atoms with Crippen LogP contribution in [0.4, 0.5) is 9.18 Å². The minimum absolute atomic E-state index is 0.161. The van der Waals surface area contributed by atoms with E-state index in [2.05, 4.69) is 5.32 Å². The van der Waals surface area contributed by atoms with Crippen molar-refractivity contribution in [3.63, 3.8) is 0 Å². The third-order valence-electron chi connectivity index (χ3n) is 2.03. The molecule has 1 N–H and O–H groups in total. The summed E-state index contributed by atoms with van der Waals surface area (Å²) in [5.74, 6) is -0.225. The molecule has 0 unspecified atom stereocenters. The first-order valence-corrected chi connectivity index (χ1v) is 4.80. The van der Waals surface area contributed by atoms with Gasteiger partial charge in [0.25, 0.3) is 0 Å². The minimum atomic E-state index is -0.225. The summed E-state index contributed by atoms with van der Waals surface area (Å²) in [4.78, 5) is 12.6. The second-order valence-electron chi connectivity index (χ2n) is 3.47. The number of urea groups is 1. The molecular formula is C11H15FN2O. The highest BCUT2D eigenvalue weighted by atomic mass is 19.1. The lowest BCUT2D eigenvalue weighted by Crippen LogP contribution is -2.35. The smallest absolute Gasteiger partial charge is 0.316 e. The molecule has 0 heterocycles. The summed E-state index contributed by atoms with van der Waals surface area (Å²) >= 11 is 0. The highest BCUT2D eigenvalue weighted by Crippen LogP contribution is 2.05. The van der Waals surface area contributed by atoms with Crippen LogP contribution in [0.2, 0.25) is 0 Å². The fraction of sp³-hybridized carbons (Fsp3) is 0.364. The molecule has 0 aliphatic rings. The molecule has 2 amide bonds. The maximum atomic E-state index is 13.1. The van der Waals surface area contributed by atoms with E-state index < -0.39 is 0 Å². The minimum Gasteiger partial charge on any atom is -0.338 e. The van der Waals surface area contributed by atoms with Crippen molar-refractivity contribution in [3.05, 3.63) is 35.6 Å². The highest BCUT2D eigenvalue weighted by molar-refractivity contribution is 5.73. The molecule has 1 rings (SSSR count). The number of hydrogen-bond donors (Lipinski definition) is 1. The van der Waals surface area contributed by atoms with E-state index in [1.807, 2.05) is 0 Å². The van der Waals surface area contributed by atoms with Gasteiger partial charge >= 0.3 is 6.03 Å². The molecule has 15 heavy (non-hydrogen) atoms. The van der Waals surface area contributed by atoms with Crippen LogP contribution in [0.1, 0.15) is 5.56 Å². The molecule has 3 nitrogen and oxygen atoms in total. The Labute approximate surface area is 88.9 Å². The van der Waals surface area contributed by atoms with Crippen molar-refractivity contribution in [2.45, 2.75) is 6.42 Å². The van der Waals surface area contributed by atoms with Crippen molar-refractivity contribution in [3.8, 4) is 0 Å². The number of nitrogens with zero attached hydrogens (tertiary/aromatic N) is 1. The maximum absolute atomic E-state index is 13.1. The molecule has 0 spiro atoms. The predicted molar refractivity (Wildman–Crippen MR) is 57.2 cm³/mol. The Bertz CT molecular complexity index is 339. The third kappa shape index (κ3) is 3.58. The monoisotopic (exact) mass is 210 g/mol. The molecule has 0 atom stereocenters. The Morgan fingerprint density at radius 3 is 2.67 bits per heavy atom. The molecule has 0 aliphatic carbocycles. The first-order chi connectivity index (χ1) is 7.11. The van der Waals surface area contributed by atoms with Gasteiger partial charge in [-0.3, -0.25) is 0 Å². The van der Waals surface area contributed by atoms with E-state index >= 15 is 0 Å². The van der Waals surface area contributed by atoms with Crippen molar-refractivity contribution in [2.75, 3.05) is 20.6 Å². The van der Waals surface area contributed by atoms with Gasteiger partial charge in [0.05, 0.1) is 0 Å². The van der Waals surface area contributed by atoms with Crippen LogP contribution in [-0.4, -0.2) is 31.6 Å². The van der Waals surface area contributed by atoms with Crippen LogP contribution in [-0.2, 0) is 6.42 Å². The van der Waals surface area contributed by atoms with E-state index in [0.29, 0.717) is 18.5 Å². The van der Waals surface area contributed by atoms with Gasteiger partial charge in [0.2, 0.25) is 0 Å². The number of amides is 2. The van der Waals surface area contributed by atoms with Crippen LogP contribution >= 0.6 is 0 Å². The summed E-state index contributed by atoms with van der Waals surface area (Å²) < 4.78 is 13.1. The first kappa shape index (κ1) is 11.5. The zero-order valence-corrected chi connectivity index (χ0v) is 8.96. The van der Waals surface area contributed by atoms with Gasteiger partial charge in [-0.05, 0) is 18.1 Å². The number of nitrogens with one attached hydrogen (secondary N) is 1. The van der Waals surface area contributed by atoms with Crippen molar-refractivity contribution in [1.82, 2.24) is 10.2 Å². The van der Waals surface area contributed by atoms with Crippen LogP contribution in [0.25, 0.3) is 0 Å². The lowest BCUT2D eigenvalue weighted by Gasteiger charge is -2.11. The maximum Gasteiger partial charge on any atom is 0.316 e. The van der Waals surface area contributed by atoms with Crippen molar-refractivity contribution in [2.24, 2.45) is 0 Å².